The molecule has 13 nitrogen and oxygen atoms in total. The third-order valence-electron chi connectivity index (χ3n) is 12.1. The summed E-state index contributed by atoms with van der Waals surface area (Å²) < 4.78 is 197. The summed E-state index contributed by atoms with van der Waals surface area (Å²) in [5.41, 5.74) is 9.28. The third kappa shape index (κ3) is 20.6. The SMILES string of the molecule is C.C.CC.CC(=O)c1ccc(O)c(C)c1.CCOc1c(F)c(F)c(COc2ccc(C(=O)C=[N+]=[N-])cc2C)c(F)c1F.CCOc1c(F)c(F)c(COc2ccc(C(=O)Cl)cc2C)c(F)c1F.CCOc1c(F)c(F)c(COc2ccc(C(C)=O)cc2C)c(F)c1F. The van der Waals surface area contributed by atoms with Gasteiger partial charge < -0.3 is 39.1 Å². The summed E-state index contributed by atoms with van der Waals surface area (Å²) in [6.45, 7) is 14.9. The van der Waals surface area contributed by atoms with Crippen molar-refractivity contribution in [1.82, 2.24) is 0 Å². The van der Waals surface area contributed by atoms with Gasteiger partial charge in [-0.3, -0.25) is 19.2 Å². The van der Waals surface area contributed by atoms with Gasteiger partial charge >= 0.3 is 6.21 Å². The van der Waals surface area contributed by atoms with Crippen molar-refractivity contribution in [1.29, 1.82) is 0 Å². The molecule has 0 aliphatic carbocycles. The maximum atomic E-state index is 14.1. The highest BCUT2D eigenvalue weighted by Gasteiger charge is 2.30. The fraction of sp³-hybridized carbons (Fsp3) is 0.288. The van der Waals surface area contributed by atoms with Crippen LogP contribution in [0.5, 0.6) is 40.2 Å². The number of ether oxygens (including phenoxy) is 6. The summed E-state index contributed by atoms with van der Waals surface area (Å²) in [7, 11) is 0. The first kappa shape index (κ1) is 80.7. The van der Waals surface area contributed by atoms with Crippen LogP contribution in [0.15, 0.2) is 72.8 Å². The van der Waals surface area contributed by atoms with Gasteiger partial charge in [-0.15, -0.1) is 0 Å². The number of ketones is 3. The summed E-state index contributed by atoms with van der Waals surface area (Å²) in [5.74, 6) is -22.5. The van der Waals surface area contributed by atoms with E-state index >= 15 is 0 Å². The van der Waals surface area contributed by atoms with E-state index in [9.17, 15) is 71.9 Å². The van der Waals surface area contributed by atoms with E-state index in [0.717, 1.165) is 5.56 Å². The van der Waals surface area contributed by atoms with Crippen LogP contribution in [0.4, 0.5) is 52.7 Å². The van der Waals surface area contributed by atoms with E-state index in [1.165, 1.54) is 89.2 Å². The molecule has 0 radical (unpaired) electrons. The van der Waals surface area contributed by atoms with Crippen LogP contribution in [0.3, 0.4) is 0 Å². The van der Waals surface area contributed by atoms with Crippen molar-refractivity contribution in [2.24, 2.45) is 0 Å². The molecule has 0 amide bonds. The molecule has 0 bridgehead atoms. The Kier molecular flexibility index (Phi) is 33.1. The second-order valence-electron chi connectivity index (χ2n) is 18.3. The van der Waals surface area contributed by atoms with Gasteiger partial charge in [0.25, 0.3) is 11.0 Å². The standard InChI is InChI=1S/C18H14F4N2O3.C18H16F4O3.C17H13ClF4O3.C9H10O2.C2H6.2CH4/c1-3-26-18-16(21)14(19)11(15(20)17(18)22)8-27-13-5-4-10(6-9(13)2)12(25)7-24-23;1-4-24-18-16(21)14(19)12(15(20)17(18)22)8-25-13-6-5-11(10(3)23)7-9(13)2;1-3-24-16-14(21)12(19)10(13(20)15(16)22)7-25-11-5-4-9(17(18)23)6-8(11)2;1-6-5-8(7(2)10)3-4-9(6)11;1-2;;/h4-7H,3,8H2,1-2H3;5-7H,4,8H2,1-3H3;4-6H,3,7H2,1-2H3;3-5,11H,1-2H3;1-2H3;2*1H4. The van der Waals surface area contributed by atoms with Crippen molar-refractivity contribution in [2.75, 3.05) is 19.8 Å². The Morgan fingerprint density at radius 1 is 0.435 bits per heavy atom. The van der Waals surface area contributed by atoms with Gasteiger partial charge in [0.2, 0.25) is 34.9 Å². The first-order valence-electron chi connectivity index (χ1n) is 26.8. The highest BCUT2D eigenvalue weighted by Crippen LogP contribution is 2.35. The van der Waals surface area contributed by atoms with Crippen molar-refractivity contribution in [3.05, 3.63) is 209 Å². The molecule has 26 heteroatoms. The van der Waals surface area contributed by atoms with Gasteiger partial charge in [0.15, 0.2) is 63.7 Å². The number of nitrogens with zero attached hydrogens (tertiary/aromatic N) is 2. The number of Topliss-reactive ketones (excluding diaryl/α,β-unsaturated/α-hetero) is 3. The molecule has 0 aromatic heterocycles. The van der Waals surface area contributed by atoms with Gasteiger partial charge in [0.1, 0.15) is 42.8 Å². The summed E-state index contributed by atoms with van der Waals surface area (Å²) in [4.78, 5) is 47.4. The molecule has 0 aliphatic heterocycles. The number of hydrogen-bond acceptors (Lipinski definition) is 11. The molecule has 0 saturated carbocycles. The molecule has 7 aromatic carbocycles. The monoisotopic (exact) mass is 1330 g/mol. The van der Waals surface area contributed by atoms with Gasteiger partial charge in [-0.1, -0.05) is 28.7 Å². The number of benzene rings is 7. The number of carbonyl (C=O) groups excluding carboxylic acids is 4. The number of carbonyl (C=O) groups is 4. The van der Waals surface area contributed by atoms with E-state index in [1.54, 1.807) is 45.9 Å². The first-order chi connectivity index (χ1) is 42.5. The molecule has 0 fully saturated rings. The number of aryl methyl sites for hydroxylation is 4. The van der Waals surface area contributed by atoms with E-state index in [1.807, 2.05) is 13.8 Å². The Morgan fingerprint density at radius 2 is 0.696 bits per heavy atom. The zero-order valence-electron chi connectivity index (χ0n) is 50.1. The predicted octanol–water partition coefficient (Wildman–Crippen LogP) is 17.9. The normalized spacial score (nSPS) is 10.0. The highest BCUT2D eigenvalue weighted by atomic mass is 35.5. The van der Waals surface area contributed by atoms with E-state index < -0.39 is 135 Å². The smallest absolute Gasteiger partial charge is 0.328 e. The molecule has 92 heavy (non-hydrogen) atoms. The number of hydrogen-bond donors (Lipinski definition) is 1. The van der Waals surface area contributed by atoms with Gasteiger partial charge in [-0.05, 0) is 169 Å². The van der Waals surface area contributed by atoms with E-state index in [0.29, 0.717) is 34.0 Å². The molecule has 498 valence electrons. The molecule has 0 spiro atoms. The number of rotatable bonds is 20. The Balaban J connectivity index is 0.000000623. The molecule has 0 saturated heterocycles. The molecule has 7 rings (SSSR count). The topological polar surface area (TPSA) is 180 Å². The molecule has 0 heterocycles. The molecular weight excluding hydrogens is 1260 g/mol. The van der Waals surface area contributed by atoms with Crippen LogP contribution in [0.25, 0.3) is 5.53 Å². The maximum absolute atomic E-state index is 14.1. The van der Waals surface area contributed by atoms with Crippen LogP contribution < -0.4 is 28.4 Å². The number of phenols is 1. The fourth-order valence-electron chi connectivity index (χ4n) is 7.54. The van der Waals surface area contributed by atoms with Gasteiger partial charge in [-0.25, -0.2) is 26.3 Å². The van der Waals surface area contributed by atoms with Crippen LogP contribution in [0.1, 0.15) is 144 Å². The Morgan fingerprint density at radius 3 is 0.957 bits per heavy atom. The maximum Gasteiger partial charge on any atom is 0.328 e. The van der Waals surface area contributed by atoms with E-state index in [2.05, 4.69) is 19.0 Å². The fourth-order valence-corrected chi connectivity index (χ4v) is 7.66. The van der Waals surface area contributed by atoms with Crippen LogP contribution in [-0.4, -0.2) is 58.5 Å². The van der Waals surface area contributed by atoms with Gasteiger partial charge in [0, 0.05) is 22.3 Å². The lowest BCUT2D eigenvalue weighted by Crippen LogP contribution is -2.11. The van der Waals surface area contributed by atoms with Crippen molar-refractivity contribution in [3.63, 3.8) is 0 Å². The number of aromatic hydroxyl groups is 1. The third-order valence-corrected chi connectivity index (χ3v) is 12.4. The summed E-state index contributed by atoms with van der Waals surface area (Å²) in [5, 5.41) is 8.44. The largest absolute Gasteiger partial charge is 0.508 e. The average molecular weight is 1330 g/mol. The number of phenolic OH excluding ortho intramolecular Hbond substituents is 1. The lowest BCUT2D eigenvalue weighted by Gasteiger charge is -2.14. The molecule has 1 N–H and O–H groups in total. The highest BCUT2D eigenvalue weighted by molar-refractivity contribution is 6.67. The Hall–Kier alpha value is -9.35. The summed E-state index contributed by atoms with van der Waals surface area (Å²) in [6.07, 6.45) is 0.700. The minimum atomic E-state index is -1.64. The van der Waals surface area contributed by atoms with E-state index in [4.69, 9.17) is 36.4 Å². The van der Waals surface area contributed by atoms with Crippen LogP contribution in [0, 0.1) is 97.5 Å². The lowest BCUT2D eigenvalue weighted by atomic mass is 10.1. The zero-order chi connectivity index (χ0) is 68.0. The lowest BCUT2D eigenvalue weighted by molar-refractivity contribution is 0.00234. The second kappa shape index (κ2) is 37.7. The van der Waals surface area contributed by atoms with Gasteiger partial charge in [-0.2, -0.15) is 31.1 Å². The molecule has 7 aromatic rings. The quantitative estimate of drug-likeness (QED) is 0.0146. The Labute approximate surface area is 529 Å². The molecule has 0 aliphatic rings. The zero-order valence-corrected chi connectivity index (χ0v) is 50.8. The van der Waals surface area contributed by atoms with Crippen LogP contribution in [0.2, 0.25) is 0 Å². The van der Waals surface area contributed by atoms with Crippen LogP contribution in [-0.2, 0) is 19.8 Å². The van der Waals surface area contributed by atoms with Crippen LogP contribution >= 0.6 is 11.6 Å². The van der Waals surface area contributed by atoms with E-state index in [-0.39, 0.29) is 80.4 Å². The average Bonchev–Trinajstić information content (AvgIpc) is 0.837. The van der Waals surface area contributed by atoms with Crippen molar-refractivity contribution >= 4 is 40.4 Å². The Bertz CT molecular complexity index is 3600. The summed E-state index contributed by atoms with van der Waals surface area (Å²) in [6, 6.07) is 17.5. The minimum Gasteiger partial charge on any atom is -0.508 e. The first-order valence-corrected chi connectivity index (χ1v) is 27.2. The van der Waals surface area contributed by atoms with Gasteiger partial charge in [0.05, 0.1) is 36.5 Å². The molecule has 0 atom stereocenters. The summed E-state index contributed by atoms with van der Waals surface area (Å²) >= 11 is 5.34. The second-order valence-corrected chi connectivity index (χ2v) is 18.6. The predicted molar refractivity (Wildman–Crippen MR) is 321 cm³/mol. The molecule has 0 unspecified atom stereocenters. The number of halogens is 13. The van der Waals surface area contributed by atoms with Crippen molar-refractivity contribution in [3.8, 4) is 40.2 Å². The van der Waals surface area contributed by atoms with Crippen molar-refractivity contribution in [2.45, 2.75) is 111 Å². The molecular formula is C66H67ClF12N2O11. The van der Waals surface area contributed by atoms with Crippen molar-refractivity contribution < 1.29 is 110 Å². The minimum absolute atomic E-state index is 0.